The summed E-state index contributed by atoms with van der Waals surface area (Å²) in [7, 11) is 0. The number of hydrogen-bond donors (Lipinski definition) is 1. The van der Waals surface area contributed by atoms with Gasteiger partial charge in [-0.25, -0.2) is 4.79 Å². The maximum absolute atomic E-state index is 10.7. The second-order valence-electron chi connectivity index (χ2n) is 3.24. The van der Waals surface area contributed by atoms with Crippen molar-refractivity contribution < 1.29 is 9.90 Å². The molecule has 0 aliphatic rings. The summed E-state index contributed by atoms with van der Waals surface area (Å²) >= 11 is 0. The van der Waals surface area contributed by atoms with Crippen LogP contribution in [-0.2, 0) is 4.79 Å². The number of carboxylic acid groups (broad SMARTS) is 1. The van der Waals surface area contributed by atoms with Crippen LogP contribution in [0.4, 0.5) is 0 Å². The number of benzene rings is 1. The van der Waals surface area contributed by atoms with Crippen molar-refractivity contribution in [3.8, 4) is 0 Å². The molecule has 1 rings (SSSR count). The zero-order valence-electron chi connectivity index (χ0n) is 8.45. The molecule has 0 aromatic heterocycles. The second kappa shape index (κ2) is 4.61. The maximum Gasteiger partial charge on any atom is 0.331 e. The average molecular weight is 190 g/mol. The maximum atomic E-state index is 10.7. The summed E-state index contributed by atoms with van der Waals surface area (Å²) < 4.78 is 0. The van der Waals surface area contributed by atoms with Crippen LogP contribution in [0.3, 0.4) is 0 Å². The number of aliphatic carboxylic acids is 1. The molecule has 0 unspecified atom stereocenters. The van der Waals surface area contributed by atoms with E-state index in [1.54, 1.807) is 6.08 Å². The number of hydrogen-bond acceptors (Lipinski definition) is 1. The molecule has 0 amide bonds. The Labute approximate surface area is 83.9 Å². The number of carboxylic acids is 1. The van der Waals surface area contributed by atoms with Crippen molar-refractivity contribution in [1.29, 1.82) is 0 Å². The molecular formula is C12H14O2. The predicted octanol–water partition coefficient (Wildman–Crippen LogP) is 2.87. The van der Waals surface area contributed by atoms with E-state index in [-0.39, 0.29) is 0 Å². The molecule has 2 heteroatoms. The zero-order chi connectivity index (χ0) is 10.6. The largest absolute Gasteiger partial charge is 0.478 e. The molecule has 0 saturated carbocycles. The molecule has 1 aromatic rings. The normalized spacial score (nSPS) is 11.4. The molecule has 74 valence electrons. The van der Waals surface area contributed by atoms with Gasteiger partial charge in [0.2, 0.25) is 0 Å². The van der Waals surface area contributed by atoms with E-state index in [0.717, 1.165) is 5.56 Å². The van der Waals surface area contributed by atoms with Crippen molar-refractivity contribution in [1.82, 2.24) is 0 Å². The third-order valence-electron chi connectivity index (χ3n) is 2.07. The van der Waals surface area contributed by atoms with Crippen LogP contribution in [0.25, 0.3) is 6.08 Å². The van der Waals surface area contributed by atoms with Gasteiger partial charge in [-0.1, -0.05) is 36.8 Å². The van der Waals surface area contributed by atoms with E-state index in [2.05, 4.69) is 0 Å². The highest BCUT2D eigenvalue weighted by Crippen LogP contribution is 2.10. The first-order chi connectivity index (χ1) is 6.63. The minimum atomic E-state index is -0.840. The summed E-state index contributed by atoms with van der Waals surface area (Å²) in [5, 5.41) is 8.82. The predicted molar refractivity (Wildman–Crippen MR) is 57.1 cm³/mol. The van der Waals surface area contributed by atoms with Gasteiger partial charge in [0.1, 0.15) is 0 Å². The summed E-state index contributed by atoms with van der Waals surface area (Å²) in [5.74, 6) is -0.840. The lowest BCUT2D eigenvalue weighted by Crippen LogP contribution is -1.98. The van der Waals surface area contributed by atoms with E-state index in [9.17, 15) is 4.79 Å². The molecule has 0 radical (unpaired) electrons. The monoisotopic (exact) mass is 190 g/mol. The van der Waals surface area contributed by atoms with Gasteiger partial charge in [0, 0.05) is 5.57 Å². The van der Waals surface area contributed by atoms with E-state index < -0.39 is 5.97 Å². The van der Waals surface area contributed by atoms with Gasteiger partial charge in [-0.05, 0) is 25.0 Å². The van der Waals surface area contributed by atoms with Crippen molar-refractivity contribution in [3.63, 3.8) is 0 Å². The van der Waals surface area contributed by atoms with Crippen molar-refractivity contribution in [2.45, 2.75) is 20.3 Å². The Morgan fingerprint density at radius 3 is 2.36 bits per heavy atom. The molecule has 0 atom stereocenters. The first kappa shape index (κ1) is 10.5. The Kier molecular flexibility index (Phi) is 3.46. The van der Waals surface area contributed by atoms with Crippen LogP contribution in [0.1, 0.15) is 24.5 Å². The summed E-state index contributed by atoms with van der Waals surface area (Å²) in [5.41, 5.74) is 2.55. The molecule has 2 nitrogen and oxygen atoms in total. The SMILES string of the molecule is CC/C(=C\c1ccc(C)cc1)C(=O)O. The quantitative estimate of drug-likeness (QED) is 0.744. The summed E-state index contributed by atoms with van der Waals surface area (Å²) in [6, 6.07) is 7.80. The number of aryl methyl sites for hydroxylation is 1. The smallest absolute Gasteiger partial charge is 0.331 e. The summed E-state index contributed by atoms with van der Waals surface area (Å²) in [4.78, 5) is 10.7. The van der Waals surface area contributed by atoms with Crippen LogP contribution in [-0.4, -0.2) is 11.1 Å². The van der Waals surface area contributed by atoms with Crippen molar-refractivity contribution in [2.75, 3.05) is 0 Å². The van der Waals surface area contributed by atoms with E-state index in [0.29, 0.717) is 12.0 Å². The molecule has 1 N–H and O–H groups in total. The Bertz CT molecular complexity index is 347. The molecule has 0 aliphatic heterocycles. The van der Waals surface area contributed by atoms with Gasteiger partial charge in [0.25, 0.3) is 0 Å². The highest BCUT2D eigenvalue weighted by atomic mass is 16.4. The van der Waals surface area contributed by atoms with Gasteiger partial charge < -0.3 is 5.11 Å². The van der Waals surface area contributed by atoms with Gasteiger partial charge in [-0.3, -0.25) is 0 Å². The van der Waals surface area contributed by atoms with E-state index >= 15 is 0 Å². The minimum Gasteiger partial charge on any atom is -0.478 e. The molecule has 0 saturated heterocycles. The first-order valence-electron chi connectivity index (χ1n) is 4.64. The first-order valence-corrected chi connectivity index (χ1v) is 4.64. The number of carbonyl (C=O) groups is 1. The van der Waals surface area contributed by atoms with Gasteiger partial charge in [0.15, 0.2) is 0 Å². The minimum absolute atomic E-state index is 0.439. The Morgan fingerprint density at radius 2 is 1.93 bits per heavy atom. The molecule has 1 aromatic carbocycles. The van der Waals surface area contributed by atoms with Crippen molar-refractivity contribution in [2.24, 2.45) is 0 Å². The lowest BCUT2D eigenvalue weighted by molar-refractivity contribution is -0.132. The Balaban J connectivity index is 2.95. The third-order valence-corrected chi connectivity index (χ3v) is 2.07. The molecule has 0 spiro atoms. The molecule has 0 aliphatic carbocycles. The highest BCUT2D eigenvalue weighted by molar-refractivity contribution is 5.92. The molecule has 0 fully saturated rings. The van der Waals surface area contributed by atoms with Crippen LogP contribution in [0, 0.1) is 6.92 Å². The van der Waals surface area contributed by atoms with E-state index in [1.165, 1.54) is 5.56 Å². The van der Waals surface area contributed by atoms with Gasteiger partial charge in [-0.15, -0.1) is 0 Å². The van der Waals surface area contributed by atoms with Gasteiger partial charge >= 0.3 is 5.97 Å². The van der Waals surface area contributed by atoms with E-state index in [1.807, 2.05) is 38.1 Å². The molecule has 0 bridgehead atoms. The van der Waals surface area contributed by atoms with E-state index in [4.69, 9.17) is 5.11 Å². The molecule has 14 heavy (non-hydrogen) atoms. The number of rotatable bonds is 3. The molecule has 0 heterocycles. The highest BCUT2D eigenvalue weighted by Gasteiger charge is 2.03. The zero-order valence-corrected chi connectivity index (χ0v) is 8.45. The fraction of sp³-hybridized carbons (Fsp3) is 0.250. The summed E-state index contributed by atoms with van der Waals surface area (Å²) in [6.45, 7) is 3.85. The van der Waals surface area contributed by atoms with Crippen LogP contribution < -0.4 is 0 Å². The Morgan fingerprint density at radius 1 is 1.36 bits per heavy atom. The van der Waals surface area contributed by atoms with Crippen LogP contribution >= 0.6 is 0 Å². The van der Waals surface area contributed by atoms with Gasteiger partial charge in [-0.2, -0.15) is 0 Å². The van der Waals surface area contributed by atoms with Crippen molar-refractivity contribution >= 4 is 12.0 Å². The van der Waals surface area contributed by atoms with Crippen molar-refractivity contribution in [3.05, 3.63) is 41.0 Å². The van der Waals surface area contributed by atoms with Crippen LogP contribution in [0.5, 0.6) is 0 Å². The lowest BCUT2D eigenvalue weighted by Gasteiger charge is -1.99. The van der Waals surface area contributed by atoms with Crippen LogP contribution in [0.2, 0.25) is 0 Å². The Hall–Kier alpha value is -1.57. The fourth-order valence-electron chi connectivity index (χ4n) is 1.18. The molecular weight excluding hydrogens is 176 g/mol. The third kappa shape index (κ3) is 2.73. The second-order valence-corrected chi connectivity index (χ2v) is 3.24. The summed E-state index contributed by atoms with van der Waals surface area (Å²) in [6.07, 6.45) is 2.25. The topological polar surface area (TPSA) is 37.3 Å². The van der Waals surface area contributed by atoms with Crippen LogP contribution in [0.15, 0.2) is 29.8 Å². The van der Waals surface area contributed by atoms with Gasteiger partial charge in [0.05, 0.1) is 0 Å². The average Bonchev–Trinajstić information content (AvgIpc) is 2.16. The lowest BCUT2D eigenvalue weighted by atomic mass is 10.1. The fourth-order valence-corrected chi connectivity index (χ4v) is 1.18. The standard InChI is InChI=1S/C12H14O2/c1-3-11(12(13)14)8-10-6-4-9(2)5-7-10/h4-8H,3H2,1-2H3,(H,13,14)/b11-8+.